The zero-order valence-corrected chi connectivity index (χ0v) is 14.1. The molecular formula is C20H23NO3. The van der Waals surface area contributed by atoms with Gasteiger partial charge in [-0.3, -0.25) is 4.90 Å². The first kappa shape index (κ1) is 16.7. The monoisotopic (exact) mass is 325 g/mol. The number of morpholine rings is 1. The van der Waals surface area contributed by atoms with E-state index in [4.69, 9.17) is 9.47 Å². The van der Waals surface area contributed by atoms with Gasteiger partial charge in [0.05, 0.1) is 24.9 Å². The third-order valence-electron chi connectivity index (χ3n) is 4.29. The van der Waals surface area contributed by atoms with E-state index in [-0.39, 0.29) is 18.2 Å². The maximum atomic E-state index is 11.5. The summed E-state index contributed by atoms with van der Waals surface area (Å²) in [7, 11) is 1.39. The Bertz CT molecular complexity index is 669. The van der Waals surface area contributed by atoms with E-state index in [0.29, 0.717) is 5.56 Å². The molecule has 3 rings (SSSR count). The molecule has 2 aromatic rings. The van der Waals surface area contributed by atoms with Crippen LogP contribution in [0.3, 0.4) is 0 Å². The second kappa shape index (κ2) is 7.60. The average molecular weight is 325 g/mol. The van der Waals surface area contributed by atoms with Crippen LogP contribution in [-0.4, -0.2) is 37.2 Å². The molecule has 1 aliphatic heterocycles. The molecule has 1 fully saturated rings. The van der Waals surface area contributed by atoms with E-state index >= 15 is 0 Å². The van der Waals surface area contributed by atoms with E-state index in [9.17, 15) is 4.79 Å². The zero-order valence-electron chi connectivity index (χ0n) is 14.1. The molecule has 1 saturated heterocycles. The molecule has 0 aromatic heterocycles. The normalized spacial score (nSPS) is 21.4. The number of methoxy groups -OCH3 is 1. The Morgan fingerprint density at radius 2 is 1.83 bits per heavy atom. The van der Waals surface area contributed by atoms with Gasteiger partial charge >= 0.3 is 5.97 Å². The standard InChI is InChI=1S/C20H23NO3/c1-15-12-21(13-16-6-4-3-5-7-16)14-19(24-15)17-8-10-18(11-9-17)20(22)23-2/h3-11,15,19H,12-14H2,1-2H3/t15-,19-/m0/s1. The van der Waals surface area contributed by atoms with E-state index in [1.807, 2.05) is 18.2 Å². The molecule has 2 atom stereocenters. The Morgan fingerprint density at radius 1 is 1.12 bits per heavy atom. The lowest BCUT2D eigenvalue weighted by atomic mass is 10.0. The van der Waals surface area contributed by atoms with Crippen molar-refractivity contribution in [2.45, 2.75) is 25.7 Å². The van der Waals surface area contributed by atoms with Crippen LogP contribution in [0.1, 0.15) is 34.5 Å². The van der Waals surface area contributed by atoms with Gasteiger partial charge in [-0.05, 0) is 30.2 Å². The summed E-state index contributed by atoms with van der Waals surface area (Å²) in [6.45, 7) is 4.79. The predicted octanol–water partition coefficient (Wildman–Crippen LogP) is 3.44. The Labute approximate surface area is 143 Å². The van der Waals surface area contributed by atoms with Crippen LogP contribution in [0.5, 0.6) is 0 Å². The lowest BCUT2D eigenvalue weighted by molar-refractivity contribution is -0.0814. The third kappa shape index (κ3) is 4.02. The van der Waals surface area contributed by atoms with E-state index in [1.54, 1.807) is 12.1 Å². The summed E-state index contributed by atoms with van der Waals surface area (Å²) < 4.78 is 10.9. The molecule has 126 valence electrons. The summed E-state index contributed by atoms with van der Waals surface area (Å²) in [5, 5.41) is 0. The molecule has 0 N–H and O–H groups in total. The lowest BCUT2D eigenvalue weighted by Gasteiger charge is -2.37. The van der Waals surface area contributed by atoms with Crippen LogP contribution < -0.4 is 0 Å². The Kier molecular flexibility index (Phi) is 5.28. The minimum absolute atomic E-state index is 0.0177. The molecule has 24 heavy (non-hydrogen) atoms. The number of nitrogens with zero attached hydrogens (tertiary/aromatic N) is 1. The minimum atomic E-state index is -0.315. The summed E-state index contributed by atoms with van der Waals surface area (Å²) >= 11 is 0. The summed E-state index contributed by atoms with van der Waals surface area (Å²) in [4.78, 5) is 14.0. The Hall–Kier alpha value is -2.17. The zero-order chi connectivity index (χ0) is 16.9. The molecule has 0 bridgehead atoms. The Balaban J connectivity index is 1.70. The van der Waals surface area contributed by atoms with Gasteiger partial charge in [0.2, 0.25) is 0 Å². The first-order valence-electron chi connectivity index (χ1n) is 8.25. The number of carbonyl (C=O) groups excluding carboxylic acids is 1. The molecule has 4 nitrogen and oxygen atoms in total. The van der Waals surface area contributed by atoms with Crippen LogP contribution in [0.2, 0.25) is 0 Å². The molecule has 1 aliphatic rings. The molecule has 0 radical (unpaired) electrons. The van der Waals surface area contributed by atoms with Crippen molar-refractivity contribution in [1.29, 1.82) is 0 Å². The Morgan fingerprint density at radius 3 is 2.50 bits per heavy atom. The molecule has 2 aromatic carbocycles. The molecule has 0 amide bonds. The van der Waals surface area contributed by atoms with Crippen molar-refractivity contribution in [3.05, 3.63) is 71.3 Å². The van der Waals surface area contributed by atoms with Gasteiger partial charge in [0.15, 0.2) is 0 Å². The fourth-order valence-electron chi connectivity index (χ4n) is 3.15. The molecule has 4 heteroatoms. The van der Waals surface area contributed by atoms with Gasteiger partial charge in [-0.15, -0.1) is 0 Å². The van der Waals surface area contributed by atoms with Crippen molar-refractivity contribution in [2.75, 3.05) is 20.2 Å². The summed E-state index contributed by atoms with van der Waals surface area (Å²) in [6, 6.07) is 18.0. The first-order valence-corrected chi connectivity index (χ1v) is 8.25. The number of carbonyl (C=O) groups is 1. The summed E-state index contributed by atoms with van der Waals surface area (Å²) in [5.41, 5.74) is 2.96. The number of ether oxygens (including phenoxy) is 2. The quantitative estimate of drug-likeness (QED) is 0.807. The maximum Gasteiger partial charge on any atom is 0.337 e. The molecular weight excluding hydrogens is 302 g/mol. The van der Waals surface area contributed by atoms with E-state index in [1.165, 1.54) is 12.7 Å². The third-order valence-corrected chi connectivity index (χ3v) is 4.29. The van der Waals surface area contributed by atoms with Crippen LogP contribution in [0.25, 0.3) is 0 Å². The summed E-state index contributed by atoms with van der Waals surface area (Å²) in [5.74, 6) is -0.315. The van der Waals surface area contributed by atoms with Gasteiger partial charge in [0, 0.05) is 19.6 Å². The number of hydrogen-bond donors (Lipinski definition) is 0. The van der Waals surface area contributed by atoms with Crippen molar-refractivity contribution in [3.8, 4) is 0 Å². The molecule has 0 spiro atoms. The SMILES string of the molecule is COC(=O)c1ccc([C@@H]2CN(Cc3ccccc3)C[C@H](C)O2)cc1. The van der Waals surface area contributed by atoms with Crippen LogP contribution in [-0.2, 0) is 16.0 Å². The highest BCUT2D eigenvalue weighted by Crippen LogP contribution is 2.26. The number of hydrogen-bond acceptors (Lipinski definition) is 4. The second-order valence-corrected chi connectivity index (χ2v) is 6.23. The average Bonchev–Trinajstić information content (AvgIpc) is 2.61. The maximum absolute atomic E-state index is 11.5. The fourth-order valence-corrected chi connectivity index (χ4v) is 3.15. The van der Waals surface area contributed by atoms with Crippen LogP contribution in [0.4, 0.5) is 0 Å². The van der Waals surface area contributed by atoms with E-state index in [0.717, 1.165) is 25.2 Å². The van der Waals surface area contributed by atoms with Gasteiger partial charge in [0.1, 0.15) is 0 Å². The molecule has 0 unspecified atom stereocenters. The number of esters is 1. The van der Waals surface area contributed by atoms with Crippen LogP contribution in [0.15, 0.2) is 54.6 Å². The molecule has 1 heterocycles. The van der Waals surface area contributed by atoms with Gasteiger partial charge in [-0.2, -0.15) is 0 Å². The topological polar surface area (TPSA) is 38.8 Å². The molecule has 0 saturated carbocycles. The highest BCUT2D eigenvalue weighted by molar-refractivity contribution is 5.89. The lowest BCUT2D eigenvalue weighted by Crippen LogP contribution is -2.42. The highest BCUT2D eigenvalue weighted by Gasteiger charge is 2.26. The first-order chi connectivity index (χ1) is 11.7. The van der Waals surface area contributed by atoms with Crippen molar-refractivity contribution >= 4 is 5.97 Å². The second-order valence-electron chi connectivity index (χ2n) is 6.23. The van der Waals surface area contributed by atoms with Crippen LogP contribution in [0, 0.1) is 0 Å². The minimum Gasteiger partial charge on any atom is -0.465 e. The van der Waals surface area contributed by atoms with Crippen molar-refractivity contribution in [3.63, 3.8) is 0 Å². The fraction of sp³-hybridized carbons (Fsp3) is 0.350. The largest absolute Gasteiger partial charge is 0.465 e. The van der Waals surface area contributed by atoms with E-state index < -0.39 is 0 Å². The van der Waals surface area contributed by atoms with Crippen molar-refractivity contribution in [2.24, 2.45) is 0 Å². The van der Waals surface area contributed by atoms with Gasteiger partial charge in [-0.25, -0.2) is 4.79 Å². The smallest absolute Gasteiger partial charge is 0.337 e. The van der Waals surface area contributed by atoms with Crippen LogP contribution >= 0.6 is 0 Å². The predicted molar refractivity (Wildman–Crippen MR) is 92.8 cm³/mol. The van der Waals surface area contributed by atoms with Gasteiger partial charge in [0.25, 0.3) is 0 Å². The number of rotatable bonds is 4. The van der Waals surface area contributed by atoms with Crippen molar-refractivity contribution < 1.29 is 14.3 Å². The summed E-state index contributed by atoms with van der Waals surface area (Å²) in [6.07, 6.45) is 0.192. The highest BCUT2D eigenvalue weighted by atomic mass is 16.5. The molecule has 0 aliphatic carbocycles. The van der Waals surface area contributed by atoms with E-state index in [2.05, 4.69) is 36.1 Å². The number of benzene rings is 2. The van der Waals surface area contributed by atoms with Gasteiger partial charge in [-0.1, -0.05) is 42.5 Å². The van der Waals surface area contributed by atoms with Gasteiger partial charge < -0.3 is 9.47 Å². The van der Waals surface area contributed by atoms with Crippen molar-refractivity contribution in [1.82, 2.24) is 4.90 Å².